The van der Waals surface area contributed by atoms with Gasteiger partial charge in [-0.15, -0.1) is 0 Å². The maximum atomic E-state index is 11.7. The van der Waals surface area contributed by atoms with E-state index in [1.165, 1.54) is 0 Å². The van der Waals surface area contributed by atoms with Crippen molar-refractivity contribution < 1.29 is 4.79 Å². The first-order valence-corrected chi connectivity index (χ1v) is 5.72. The number of likely N-dealkylation sites (N-methyl/N-ethyl adjacent to an activating group) is 1. The highest BCUT2D eigenvalue weighted by Gasteiger charge is 2.24. The van der Waals surface area contributed by atoms with Crippen molar-refractivity contribution in [2.24, 2.45) is 10.4 Å². The highest BCUT2D eigenvalue weighted by Crippen LogP contribution is 2.15. The normalized spacial score (nSPS) is 17.9. The molecule has 0 aliphatic carbocycles. The summed E-state index contributed by atoms with van der Waals surface area (Å²) in [6.45, 7) is 6.96. The lowest BCUT2D eigenvalue weighted by Crippen LogP contribution is -2.26. The second kappa shape index (κ2) is 5.21. The second-order valence-corrected chi connectivity index (χ2v) is 5.27. The summed E-state index contributed by atoms with van der Waals surface area (Å²) >= 11 is 0. The fraction of sp³-hybridized carbons (Fsp3) is 0.500. The van der Waals surface area contributed by atoms with Crippen LogP contribution in [0, 0.1) is 5.41 Å². The van der Waals surface area contributed by atoms with E-state index >= 15 is 0 Å². The van der Waals surface area contributed by atoms with Crippen LogP contribution >= 0.6 is 0 Å². The minimum atomic E-state index is 0.0220. The summed E-state index contributed by atoms with van der Waals surface area (Å²) in [7, 11) is 3.54. The first kappa shape index (κ1) is 13.5. The van der Waals surface area contributed by atoms with Crippen LogP contribution in [0.4, 0.5) is 0 Å². The van der Waals surface area contributed by atoms with E-state index in [1.807, 2.05) is 6.08 Å². The molecule has 0 aromatic carbocycles. The van der Waals surface area contributed by atoms with Gasteiger partial charge in [-0.3, -0.25) is 9.79 Å². The number of hydrogen-bond donors (Lipinski definition) is 1. The average Bonchev–Trinajstić information content (AvgIpc) is 2.48. The van der Waals surface area contributed by atoms with Crippen LogP contribution in [0.25, 0.3) is 0 Å². The summed E-state index contributed by atoms with van der Waals surface area (Å²) in [6, 6.07) is 0. The molecule has 0 aromatic heterocycles. The van der Waals surface area contributed by atoms with Crippen LogP contribution < -0.4 is 5.32 Å². The van der Waals surface area contributed by atoms with Crippen molar-refractivity contribution in [3.8, 4) is 0 Å². The number of hydrogen-bond acceptors (Lipinski definition) is 3. The van der Waals surface area contributed by atoms with Crippen LogP contribution in [-0.4, -0.2) is 38.5 Å². The van der Waals surface area contributed by atoms with Gasteiger partial charge in [0.2, 0.25) is 7.98 Å². The van der Waals surface area contributed by atoms with Crippen LogP contribution in [0.2, 0.25) is 0 Å². The number of amides is 1. The number of carbonyl (C=O) groups is 1. The van der Waals surface area contributed by atoms with E-state index in [1.54, 1.807) is 32.3 Å². The Kier molecular flexibility index (Phi) is 4.15. The Morgan fingerprint density at radius 1 is 1.47 bits per heavy atom. The lowest BCUT2D eigenvalue weighted by molar-refractivity contribution is -0.121. The predicted molar refractivity (Wildman–Crippen MR) is 73.4 cm³/mol. The zero-order valence-electron chi connectivity index (χ0n) is 11.2. The molecular weight excluding hydrogens is 213 g/mol. The van der Waals surface area contributed by atoms with E-state index in [2.05, 4.69) is 31.1 Å². The molecule has 0 aromatic rings. The third kappa shape index (κ3) is 3.77. The van der Waals surface area contributed by atoms with Crippen molar-refractivity contribution in [3.63, 3.8) is 0 Å². The Hall–Kier alpha value is -1.52. The van der Waals surface area contributed by atoms with Gasteiger partial charge in [-0.1, -0.05) is 26.8 Å². The third-order valence-corrected chi connectivity index (χ3v) is 2.43. The van der Waals surface area contributed by atoms with Crippen LogP contribution in [0.1, 0.15) is 20.8 Å². The van der Waals surface area contributed by atoms with Crippen molar-refractivity contribution >= 4 is 20.1 Å². The minimum absolute atomic E-state index is 0.0220. The number of nitrogens with one attached hydrogen (secondary N) is 1. The highest BCUT2D eigenvalue weighted by molar-refractivity contribution is 6.21. The van der Waals surface area contributed by atoms with Gasteiger partial charge in [-0.05, 0) is 5.41 Å². The lowest BCUT2D eigenvalue weighted by atomic mass is 9.97. The largest absolute Gasteiger partial charge is 0.384 e. The lowest BCUT2D eigenvalue weighted by Gasteiger charge is -2.09. The quantitative estimate of drug-likeness (QED) is 0.569. The minimum Gasteiger partial charge on any atom is -0.384 e. The van der Waals surface area contributed by atoms with Gasteiger partial charge in [0.1, 0.15) is 5.70 Å². The van der Waals surface area contributed by atoms with Crippen molar-refractivity contribution in [1.29, 1.82) is 0 Å². The third-order valence-electron chi connectivity index (χ3n) is 2.43. The zero-order valence-corrected chi connectivity index (χ0v) is 11.2. The van der Waals surface area contributed by atoms with Gasteiger partial charge in [-0.2, -0.15) is 0 Å². The number of carbonyl (C=O) groups excluding carboxylic acids is 1. The number of aliphatic imine (C=N–C) groups is 1. The van der Waals surface area contributed by atoms with E-state index < -0.39 is 0 Å². The highest BCUT2D eigenvalue weighted by atomic mass is 16.2. The summed E-state index contributed by atoms with van der Waals surface area (Å²) in [5, 5.41) is 2.92. The number of allylic oxidation sites excluding steroid dienone is 1. The molecule has 0 unspecified atom stereocenters. The van der Waals surface area contributed by atoms with Crippen LogP contribution in [-0.2, 0) is 4.79 Å². The van der Waals surface area contributed by atoms with Gasteiger partial charge in [0.05, 0.1) is 0 Å². The smallest absolute Gasteiger partial charge is 0.258 e. The van der Waals surface area contributed by atoms with E-state index in [-0.39, 0.29) is 11.3 Å². The molecule has 0 fully saturated rings. The molecular formula is C12H20BN3O. The van der Waals surface area contributed by atoms with Crippen molar-refractivity contribution in [3.05, 3.63) is 23.5 Å². The van der Waals surface area contributed by atoms with Gasteiger partial charge < -0.3 is 10.1 Å². The second-order valence-electron chi connectivity index (χ2n) is 5.27. The number of rotatable bonds is 3. The Labute approximate surface area is 104 Å². The Bertz CT molecular complexity index is 391. The number of nitrogens with zero attached hydrogens (tertiary/aromatic N) is 2. The van der Waals surface area contributed by atoms with E-state index in [0.29, 0.717) is 12.2 Å². The first-order valence-electron chi connectivity index (χ1n) is 5.72. The van der Waals surface area contributed by atoms with Crippen LogP contribution in [0.15, 0.2) is 28.5 Å². The van der Waals surface area contributed by atoms with Crippen LogP contribution in [0.3, 0.4) is 0 Å². The van der Waals surface area contributed by atoms with Gasteiger partial charge in [0, 0.05) is 31.6 Å². The summed E-state index contributed by atoms with van der Waals surface area (Å²) in [4.78, 5) is 17.6. The molecule has 1 rings (SSSR count). The zero-order chi connectivity index (χ0) is 13.1. The Morgan fingerprint density at radius 2 is 2.12 bits per heavy atom. The molecule has 0 bridgehead atoms. The topological polar surface area (TPSA) is 44.7 Å². The van der Waals surface area contributed by atoms with Gasteiger partial charge in [0.25, 0.3) is 5.91 Å². The van der Waals surface area contributed by atoms with Gasteiger partial charge in [-0.25, -0.2) is 0 Å². The maximum absolute atomic E-state index is 11.7. The molecule has 0 radical (unpaired) electrons. The Balaban J connectivity index is 2.75. The van der Waals surface area contributed by atoms with Gasteiger partial charge >= 0.3 is 0 Å². The SMILES string of the molecule is BN1CC(/C=N\C=C\C(C)(C)C)=C(NC)C1=O. The molecule has 1 N–H and O–H groups in total. The van der Waals surface area contributed by atoms with E-state index in [0.717, 1.165) is 5.57 Å². The molecule has 5 heteroatoms. The van der Waals surface area contributed by atoms with E-state index in [9.17, 15) is 4.79 Å². The molecule has 1 aliphatic heterocycles. The molecule has 4 nitrogen and oxygen atoms in total. The fourth-order valence-electron chi connectivity index (χ4n) is 1.51. The molecule has 0 atom stereocenters. The predicted octanol–water partition coefficient (Wildman–Crippen LogP) is 0.481. The van der Waals surface area contributed by atoms with Crippen molar-refractivity contribution in [2.75, 3.05) is 13.6 Å². The molecule has 92 valence electrons. The van der Waals surface area contributed by atoms with Crippen LogP contribution in [0.5, 0.6) is 0 Å². The standard InChI is InChI=1S/C12H20BN3O/c1-12(2,3)5-6-15-7-9-8-16(13)11(17)10(9)14-4/h5-7,14H,8,13H2,1-4H3/b6-5+,15-7-. The molecule has 17 heavy (non-hydrogen) atoms. The molecule has 1 heterocycles. The van der Waals surface area contributed by atoms with E-state index in [4.69, 9.17) is 0 Å². The first-order chi connectivity index (χ1) is 7.85. The molecule has 1 aliphatic rings. The summed E-state index contributed by atoms with van der Waals surface area (Å²) in [5.74, 6) is 0.0220. The fourth-order valence-corrected chi connectivity index (χ4v) is 1.51. The molecule has 0 saturated carbocycles. The summed E-state index contributed by atoms with van der Waals surface area (Å²) in [6.07, 6.45) is 5.56. The molecule has 0 saturated heterocycles. The summed E-state index contributed by atoms with van der Waals surface area (Å²) < 4.78 is 0. The maximum Gasteiger partial charge on any atom is 0.258 e. The monoisotopic (exact) mass is 233 g/mol. The Morgan fingerprint density at radius 3 is 2.65 bits per heavy atom. The molecule has 1 amide bonds. The van der Waals surface area contributed by atoms with Crippen molar-refractivity contribution in [2.45, 2.75) is 20.8 Å². The molecule has 0 spiro atoms. The summed E-state index contributed by atoms with van der Waals surface area (Å²) in [5.41, 5.74) is 1.69. The average molecular weight is 233 g/mol. The van der Waals surface area contributed by atoms with Crippen molar-refractivity contribution in [1.82, 2.24) is 10.1 Å². The van der Waals surface area contributed by atoms with Gasteiger partial charge in [0.15, 0.2) is 0 Å².